The van der Waals surface area contributed by atoms with Crippen molar-refractivity contribution >= 4 is 10.1 Å². The summed E-state index contributed by atoms with van der Waals surface area (Å²) in [4.78, 5) is 0. The fourth-order valence-corrected chi connectivity index (χ4v) is 3.67. The molecule has 0 bridgehead atoms. The van der Waals surface area contributed by atoms with Gasteiger partial charge in [0.2, 0.25) is 0 Å². The van der Waals surface area contributed by atoms with Crippen molar-refractivity contribution in [1.29, 1.82) is 0 Å². The Labute approximate surface area is 169 Å². The summed E-state index contributed by atoms with van der Waals surface area (Å²) in [5, 5.41) is 0. The number of unbranched alkanes of at least 4 members (excludes halogenated alkanes) is 8. The second kappa shape index (κ2) is 19.1. The van der Waals surface area contributed by atoms with Gasteiger partial charge >= 0.3 is 0 Å². The van der Waals surface area contributed by atoms with Gasteiger partial charge in [0.25, 0.3) is 10.1 Å². The predicted molar refractivity (Wildman–Crippen MR) is 115 cm³/mol. The summed E-state index contributed by atoms with van der Waals surface area (Å²) in [5.74, 6) is -0.213. The van der Waals surface area contributed by atoms with Crippen LogP contribution in [0.2, 0.25) is 0 Å². The number of quaternary nitrogens is 1. The number of hydrogen-bond acceptors (Lipinski definition) is 3. The van der Waals surface area contributed by atoms with Gasteiger partial charge in [0.1, 0.15) is 0 Å². The van der Waals surface area contributed by atoms with E-state index in [0.29, 0.717) is 6.42 Å². The van der Waals surface area contributed by atoms with Crippen LogP contribution in [0.3, 0.4) is 0 Å². The molecule has 0 aliphatic carbocycles. The molecule has 0 radical (unpaired) electrons. The third-order valence-corrected chi connectivity index (χ3v) is 5.98. The quantitative estimate of drug-likeness (QED) is 0.205. The molecule has 0 unspecified atom stereocenters. The summed E-state index contributed by atoms with van der Waals surface area (Å²) in [7, 11) is -1.43. The van der Waals surface area contributed by atoms with E-state index in [-0.39, 0.29) is 5.75 Å². The SMILES string of the molecule is CCCCCCCCS(=O)(=O)OF.CCCC[N+](C)(CCCC)CCCC. The number of rotatable bonds is 17. The summed E-state index contributed by atoms with van der Waals surface area (Å²) >= 11 is 0. The van der Waals surface area contributed by atoms with Gasteiger partial charge < -0.3 is 4.48 Å². The summed E-state index contributed by atoms with van der Waals surface area (Å²) in [6.07, 6.45) is 14.0. The molecular formula is C21H47FNO3S+. The summed E-state index contributed by atoms with van der Waals surface area (Å²) in [5.41, 5.74) is 0. The highest BCUT2D eigenvalue weighted by Crippen LogP contribution is 2.11. The monoisotopic (exact) mass is 412 g/mol. The van der Waals surface area contributed by atoms with Gasteiger partial charge in [0, 0.05) is 0 Å². The van der Waals surface area contributed by atoms with Crippen LogP contribution in [-0.2, 0) is 14.5 Å². The van der Waals surface area contributed by atoms with Gasteiger partial charge in [0.15, 0.2) is 0 Å². The van der Waals surface area contributed by atoms with Gasteiger partial charge in [-0.1, -0.05) is 83.4 Å². The smallest absolute Gasteiger partial charge is 0.297 e. The minimum Gasteiger partial charge on any atom is -0.326 e. The van der Waals surface area contributed by atoms with Gasteiger partial charge in [0.05, 0.1) is 32.4 Å². The van der Waals surface area contributed by atoms with E-state index >= 15 is 0 Å². The Hall–Kier alpha value is -0.200. The minimum absolute atomic E-state index is 0.213. The highest BCUT2D eigenvalue weighted by molar-refractivity contribution is 7.86. The van der Waals surface area contributed by atoms with E-state index < -0.39 is 10.1 Å². The first-order valence-corrected chi connectivity index (χ1v) is 12.7. The second-order valence-electron chi connectivity index (χ2n) is 7.94. The molecular weight excluding hydrogens is 365 g/mol. The van der Waals surface area contributed by atoms with E-state index in [0.717, 1.165) is 25.7 Å². The zero-order valence-electron chi connectivity index (χ0n) is 18.8. The van der Waals surface area contributed by atoms with Crippen molar-refractivity contribution in [2.75, 3.05) is 32.4 Å². The van der Waals surface area contributed by atoms with Crippen molar-refractivity contribution in [2.45, 2.75) is 105 Å². The Morgan fingerprint density at radius 1 is 0.667 bits per heavy atom. The van der Waals surface area contributed by atoms with E-state index in [1.807, 2.05) is 0 Å². The molecule has 0 saturated heterocycles. The first-order valence-electron chi connectivity index (χ1n) is 11.2. The molecule has 4 nitrogen and oxygen atoms in total. The molecule has 0 saturated carbocycles. The van der Waals surface area contributed by atoms with Crippen molar-refractivity contribution in [3.05, 3.63) is 0 Å². The lowest BCUT2D eigenvalue weighted by molar-refractivity contribution is -0.910. The van der Waals surface area contributed by atoms with Crippen LogP contribution in [0.5, 0.6) is 0 Å². The van der Waals surface area contributed by atoms with Gasteiger partial charge in [-0.3, -0.25) is 0 Å². The molecule has 0 aromatic rings. The van der Waals surface area contributed by atoms with E-state index in [1.54, 1.807) is 0 Å². The molecule has 6 heteroatoms. The van der Waals surface area contributed by atoms with Crippen molar-refractivity contribution in [3.63, 3.8) is 0 Å². The molecule has 0 heterocycles. The molecule has 0 aromatic carbocycles. The van der Waals surface area contributed by atoms with Gasteiger partial charge in [-0.25, -0.2) is 0 Å². The van der Waals surface area contributed by atoms with E-state index in [2.05, 4.69) is 39.1 Å². The lowest BCUT2D eigenvalue weighted by Gasteiger charge is -2.34. The number of halogens is 1. The molecule has 166 valence electrons. The molecule has 0 aliphatic rings. The lowest BCUT2D eigenvalue weighted by Crippen LogP contribution is -2.46. The van der Waals surface area contributed by atoms with Crippen molar-refractivity contribution < 1.29 is 21.8 Å². The molecule has 0 aliphatic heterocycles. The largest absolute Gasteiger partial charge is 0.326 e. The lowest BCUT2D eigenvalue weighted by atomic mass is 10.1. The van der Waals surface area contributed by atoms with Gasteiger partial charge in [-0.15, -0.1) is 0 Å². The molecule has 0 spiro atoms. The zero-order valence-corrected chi connectivity index (χ0v) is 19.6. The van der Waals surface area contributed by atoms with E-state index in [9.17, 15) is 12.9 Å². The molecule has 0 amide bonds. The summed E-state index contributed by atoms with van der Waals surface area (Å²) in [6.45, 7) is 13.2. The van der Waals surface area contributed by atoms with E-state index in [1.165, 1.54) is 69.1 Å². The zero-order chi connectivity index (χ0) is 21.0. The Balaban J connectivity index is 0. The molecule has 0 fully saturated rings. The Morgan fingerprint density at radius 2 is 1.04 bits per heavy atom. The number of nitrogens with zero attached hydrogens (tertiary/aromatic N) is 1. The fourth-order valence-electron chi connectivity index (χ4n) is 3.05. The molecule has 0 atom stereocenters. The Kier molecular flexibility index (Phi) is 20.6. The molecule has 27 heavy (non-hydrogen) atoms. The number of hydrogen-bond donors (Lipinski definition) is 0. The van der Waals surface area contributed by atoms with Crippen LogP contribution in [-0.4, -0.2) is 45.3 Å². The van der Waals surface area contributed by atoms with Gasteiger partial charge in [-0.2, -0.15) is 8.42 Å². The van der Waals surface area contributed by atoms with Crippen LogP contribution in [0.1, 0.15) is 105 Å². The predicted octanol–water partition coefficient (Wildman–Crippen LogP) is 6.41. The van der Waals surface area contributed by atoms with Crippen molar-refractivity contribution in [1.82, 2.24) is 0 Å². The normalized spacial score (nSPS) is 11.9. The maximum atomic E-state index is 11.3. The minimum atomic E-state index is -3.88. The third kappa shape index (κ3) is 20.3. The summed E-state index contributed by atoms with van der Waals surface area (Å²) < 4.78 is 36.4. The topological polar surface area (TPSA) is 43.4 Å². The molecule has 0 N–H and O–H groups in total. The van der Waals surface area contributed by atoms with Crippen LogP contribution >= 0.6 is 0 Å². The third-order valence-electron chi connectivity index (χ3n) is 5.00. The first-order chi connectivity index (χ1) is 12.8. The first kappa shape index (κ1) is 29.0. The average Bonchev–Trinajstić information content (AvgIpc) is 2.66. The molecule has 0 aromatic heterocycles. The second-order valence-corrected chi connectivity index (χ2v) is 9.59. The highest BCUT2D eigenvalue weighted by Gasteiger charge is 2.18. The maximum Gasteiger partial charge on any atom is 0.297 e. The van der Waals surface area contributed by atoms with Crippen LogP contribution in [0, 0.1) is 0 Å². The van der Waals surface area contributed by atoms with Crippen LogP contribution < -0.4 is 0 Å². The van der Waals surface area contributed by atoms with Crippen molar-refractivity contribution in [3.8, 4) is 0 Å². The fraction of sp³-hybridized carbons (Fsp3) is 1.00. The van der Waals surface area contributed by atoms with Crippen LogP contribution in [0.25, 0.3) is 0 Å². The average molecular weight is 413 g/mol. The van der Waals surface area contributed by atoms with E-state index in [4.69, 9.17) is 0 Å². The molecule has 0 rings (SSSR count). The maximum absolute atomic E-state index is 11.3. The summed E-state index contributed by atoms with van der Waals surface area (Å²) in [6, 6.07) is 0. The van der Waals surface area contributed by atoms with Gasteiger partial charge in [-0.05, 0) is 30.2 Å². The highest BCUT2D eigenvalue weighted by atomic mass is 32.2. The van der Waals surface area contributed by atoms with Crippen LogP contribution in [0.15, 0.2) is 0 Å². The van der Waals surface area contributed by atoms with Crippen molar-refractivity contribution in [2.24, 2.45) is 0 Å². The Bertz CT molecular complexity index is 380. The van der Waals surface area contributed by atoms with Crippen LogP contribution in [0.4, 0.5) is 4.53 Å². The Morgan fingerprint density at radius 3 is 1.41 bits per heavy atom. The standard InChI is InChI=1S/C13H30N.C8H17FO3S/c1-5-8-11-14(4,12-9-6-2)13-10-7-3;1-2-3-4-5-6-7-8-13(10,11)12-9/h5-13H2,1-4H3;2-8H2,1H3/q+1;.